The molecule has 0 saturated carbocycles. The topological polar surface area (TPSA) is 93.8 Å². The fraction of sp³-hybridized carbons (Fsp3) is 0.100. The standard InChI is InChI=1S/C20H17N3O4/c1-14(27-18-11-10-15-6-2-3-7-16(15)12-18)20(24)22-21-13-17-8-4-5-9-19(17)23(25)26/h2-14H,1H3,(H,22,24)/b21-13-/t14-/m1/s1. The van der Waals surface area contributed by atoms with Crippen LogP contribution < -0.4 is 10.2 Å². The van der Waals surface area contributed by atoms with Crippen LogP contribution >= 0.6 is 0 Å². The van der Waals surface area contributed by atoms with Crippen molar-refractivity contribution in [2.45, 2.75) is 13.0 Å². The number of carbonyl (C=O) groups excluding carboxylic acids is 1. The summed E-state index contributed by atoms with van der Waals surface area (Å²) in [7, 11) is 0. The first-order valence-corrected chi connectivity index (χ1v) is 8.26. The van der Waals surface area contributed by atoms with Crippen molar-refractivity contribution in [3.8, 4) is 5.75 Å². The van der Waals surface area contributed by atoms with Crippen molar-refractivity contribution < 1.29 is 14.5 Å². The third-order valence-corrected chi connectivity index (χ3v) is 3.91. The second-order valence-corrected chi connectivity index (χ2v) is 5.82. The SMILES string of the molecule is C[C@@H](Oc1ccc2ccccc2c1)C(=O)N/N=C\c1ccccc1[N+](=O)[O-]. The number of nitrogens with zero attached hydrogens (tertiary/aromatic N) is 2. The lowest BCUT2D eigenvalue weighted by Crippen LogP contribution is -2.33. The molecule has 0 aliphatic rings. The smallest absolute Gasteiger partial charge is 0.280 e. The number of ether oxygens (including phenoxy) is 1. The molecule has 3 aromatic carbocycles. The van der Waals surface area contributed by atoms with Gasteiger partial charge in [-0.25, -0.2) is 5.43 Å². The van der Waals surface area contributed by atoms with Crippen LogP contribution in [0.3, 0.4) is 0 Å². The Bertz CT molecular complexity index is 1020. The van der Waals surface area contributed by atoms with Crippen molar-refractivity contribution in [3.05, 3.63) is 82.4 Å². The molecule has 1 atom stereocenters. The first-order valence-electron chi connectivity index (χ1n) is 8.26. The van der Waals surface area contributed by atoms with Crippen LogP contribution in [0.2, 0.25) is 0 Å². The molecule has 0 saturated heterocycles. The van der Waals surface area contributed by atoms with Gasteiger partial charge in [0.15, 0.2) is 6.10 Å². The monoisotopic (exact) mass is 363 g/mol. The van der Waals surface area contributed by atoms with Gasteiger partial charge in [0.2, 0.25) is 0 Å². The van der Waals surface area contributed by atoms with Crippen molar-refractivity contribution in [1.82, 2.24) is 5.43 Å². The molecule has 0 heterocycles. The molecule has 0 aliphatic carbocycles. The van der Waals surface area contributed by atoms with Crippen LogP contribution in [0, 0.1) is 10.1 Å². The molecule has 3 aromatic rings. The highest BCUT2D eigenvalue weighted by Gasteiger charge is 2.15. The van der Waals surface area contributed by atoms with E-state index in [4.69, 9.17) is 4.74 Å². The second-order valence-electron chi connectivity index (χ2n) is 5.82. The molecule has 1 amide bonds. The van der Waals surface area contributed by atoms with Crippen LogP contribution in [0.4, 0.5) is 5.69 Å². The van der Waals surface area contributed by atoms with Gasteiger partial charge in [-0.2, -0.15) is 5.10 Å². The first-order chi connectivity index (χ1) is 13.0. The summed E-state index contributed by atoms with van der Waals surface area (Å²) in [5.74, 6) is 0.108. The van der Waals surface area contributed by atoms with Gasteiger partial charge in [0.05, 0.1) is 16.7 Å². The molecule has 27 heavy (non-hydrogen) atoms. The number of rotatable bonds is 6. The maximum absolute atomic E-state index is 12.1. The van der Waals surface area contributed by atoms with Crippen LogP contribution in [0.1, 0.15) is 12.5 Å². The number of hydrogen-bond acceptors (Lipinski definition) is 5. The molecular weight excluding hydrogens is 346 g/mol. The minimum atomic E-state index is -0.783. The summed E-state index contributed by atoms with van der Waals surface area (Å²) in [5.41, 5.74) is 2.55. The molecule has 0 bridgehead atoms. The van der Waals surface area contributed by atoms with Gasteiger partial charge in [-0.1, -0.05) is 42.5 Å². The molecule has 0 fully saturated rings. The van der Waals surface area contributed by atoms with E-state index in [1.54, 1.807) is 31.2 Å². The van der Waals surface area contributed by atoms with Crippen LogP contribution in [-0.2, 0) is 4.79 Å². The predicted molar refractivity (Wildman–Crippen MR) is 103 cm³/mol. The van der Waals surface area contributed by atoms with Crippen LogP contribution in [0.5, 0.6) is 5.75 Å². The number of para-hydroxylation sites is 1. The average Bonchev–Trinajstić information content (AvgIpc) is 2.68. The van der Waals surface area contributed by atoms with E-state index in [-0.39, 0.29) is 5.69 Å². The molecule has 0 unspecified atom stereocenters. The van der Waals surface area contributed by atoms with Gasteiger partial charge in [0, 0.05) is 6.07 Å². The number of nitro groups is 1. The minimum Gasteiger partial charge on any atom is -0.481 e. The van der Waals surface area contributed by atoms with Crippen LogP contribution in [0.15, 0.2) is 71.8 Å². The molecule has 0 aliphatic heterocycles. The van der Waals surface area contributed by atoms with E-state index in [1.165, 1.54) is 12.3 Å². The number of benzene rings is 3. The number of hydrazone groups is 1. The van der Waals surface area contributed by atoms with Gasteiger partial charge >= 0.3 is 0 Å². The lowest BCUT2D eigenvalue weighted by Gasteiger charge is -2.13. The van der Waals surface area contributed by atoms with E-state index >= 15 is 0 Å². The molecule has 1 N–H and O–H groups in total. The third kappa shape index (κ3) is 4.46. The van der Waals surface area contributed by atoms with Crippen molar-refractivity contribution >= 4 is 28.6 Å². The van der Waals surface area contributed by atoms with Gasteiger partial charge in [0.25, 0.3) is 11.6 Å². The highest BCUT2D eigenvalue weighted by atomic mass is 16.6. The molecule has 0 spiro atoms. The fourth-order valence-electron chi connectivity index (χ4n) is 2.52. The Balaban J connectivity index is 1.63. The maximum Gasteiger partial charge on any atom is 0.280 e. The van der Waals surface area contributed by atoms with E-state index in [1.807, 2.05) is 36.4 Å². The van der Waals surface area contributed by atoms with Gasteiger partial charge in [-0.3, -0.25) is 14.9 Å². The summed E-state index contributed by atoms with van der Waals surface area (Å²) < 4.78 is 5.65. The van der Waals surface area contributed by atoms with Crippen molar-refractivity contribution in [2.75, 3.05) is 0 Å². The van der Waals surface area contributed by atoms with Crippen LogP contribution in [-0.4, -0.2) is 23.1 Å². The van der Waals surface area contributed by atoms with E-state index in [0.717, 1.165) is 10.8 Å². The third-order valence-electron chi connectivity index (χ3n) is 3.91. The number of nitro benzene ring substituents is 1. The van der Waals surface area contributed by atoms with Gasteiger partial charge in [-0.05, 0) is 35.9 Å². The Morgan fingerprint density at radius 3 is 2.59 bits per heavy atom. The Hall–Kier alpha value is -3.74. The van der Waals surface area contributed by atoms with Crippen molar-refractivity contribution in [3.63, 3.8) is 0 Å². The molecule has 7 heteroatoms. The van der Waals surface area contributed by atoms with Gasteiger partial charge in [0.1, 0.15) is 5.75 Å². The number of carbonyl (C=O) groups is 1. The Morgan fingerprint density at radius 2 is 1.81 bits per heavy atom. The maximum atomic E-state index is 12.1. The normalized spacial score (nSPS) is 12.0. The Morgan fingerprint density at radius 1 is 1.11 bits per heavy atom. The van der Waals surface area contributed by atoms with E-state index in [2.05, 4.69) is 10.5 Å². The highest BCUT2D eigenvalue weighted by molar-refractivity contribution is 5.87. The number of fused-ring (bicyclic) bond motifs is 1. The summed E-state index contributed by atoms with van der Waals surface area (Å²) >= 11 is 0. The molecule has 3 rings (SSSR count). The van der Waals surface area contributed by atoms with Gasteiger partial charge < -0.3 is 4.74 Å². The van der Waals surface area contributed by atoms with Crippen molar-refractivity contribution in [1.29, 1.82) is 0 Å². The zero-order chi connectivity index (χ0) is 19.2. The number of hydrogen-bond donors (Lipinski definition) is 1. The average molecular weight is 363 g/mol. The summed E-state index contributed by atoms with van der Waals surface area (Å²) in [6, 6.07) is 19.5. The zero-order valence-corrected chi connectivity index (χ0v) is 14.5. The van der Waals surface area contributed by atoms with E-state index in [0.29, 0.717) is 11.3 Å². The predicted octanol–water partition coefficient (Wildman–Crippen LogP) is 3.67. The summed E-state index contributed by atoms with van der Waals surface area (Å²) in [6.45, 7) is 1.60. The number of amides is 1. The second kappa shape index (κ2) is 8.09. The Kier molecular flexibility index (Phi) is 5.41. The quantitative estimate of drug-likeness (QED) is 0.411. The molecule has 7 nitrogen and oxygen atoms in total. The highest BCUT2D eigenvalue weighted by Crippen LogP contribution is 2.21. The summed E-state index contributed by atoms with van der Waals surface area (Å²) in [5, 5.41) is 16.8. The number of nitrogens with one attached hydrogen (secondary N) is 1. The van der Waals surface area contributed by atoms with Crippen LogP contribution in [0.25, 0.3) is 10.8 Å². The lowest BCUT2D eigenvalue weighted by molar-refractivity contribution is -0.385. The molecule has 0 aromatic heterocycles. The first kappa shape index (κ1) is 18.1. The zero-order valence-electron chi connectivity index (χ0n) is 14.5. The molecule has 0 radical (unpaired) electrons. The summed E-state index contributed by atoms with van der Waals surface area (Å²) in [6.07, 6.45) is 0.452. The van der Waals surface area contributed by atoms with E-state index < -0.39 is 16.9 Å². The van der Waals surface area contributed by atoms with E-state index in [9.17, 15) is 14.9 Å². The molecular formula is C20H17N3O4. The van der Waals surface area contributed by atoms with Crippen molar-refractivity contribution in [2.24, 2.45) is 5.10 Å². The van der Waals surface area contributed by atoms with Gasteiger partial charge in [-0.15, -0.1) is 0 Å². The molecule has 136 valence electrons. The Labute approximate surface area is 155 Å². The minimum absolute atomic E-state index is 0.0871. The lowest BCUT2D eigenvalue weighted by atomic mass is 10.1. The summed E-state index contributed by atoms with van der Waals surface area (Å²) in [4.78, 5) is 22.6. The largest absolute Gasteiger partial charge is 0.481 e. The fourth-order valence-corrected chi connectivity index (χ4v) is 2.52.